The lowest BCUT2D eigenvalue weighted by molar-refractivity contribution is 0.00890. The number of likely N-dealkylation sites (N-methyl/N-ethyl adjacent to an activating group) is 1. The van der Waals surface area contributed by atoms with Gasteiger partial charge in [-0.05, 0) is 25.6 Å². The van der Waals surface area contributed by atoms with Crippen LogP contribution in [0.4, 0.5) is 0 Å². The van der Waals surface area contributed by atoms with E-state index in [9.17, 15) is 0 Å². The fraction of sp³-hybridized carbons (Fsp3) is 0.529. The third kappa shape index (κ3) is 3.28. The molecule has 21 heavy (non-hydrogen) atoms. The van der Waals surface area contributed by atoms with Crippen molar-refractivity contribution in [1.82, 2.24) is 14.8 Å². The molecule has 0 spiro atoms. The van der Waals surface area contributed by atoms with Gasteiger partial charge in [-0.25, -0.2) is 0 Å². The Bertz CT molecular complexity index is 587. The van der Waals surface area contributed by atoms with Crippen molar-refractivity contribution in [3.8, 4) is 0 Å². The number of fused-ring (bicyclic) bond motifs is 1. The first-order valence-corrected chi connectivity index (χ1v) is 7.85. The highest BCUT2D eigenvalue weighted by atomic mass is 16.5. The van der Waals surface area contributed by atoms with Crippen molar-refractivity contribution < 1.29 is 4.74 Å². The third-order valence-electron chi connectivity index (χ3n) is 4.17. The van der Waals surface area contributed by atoms with Gasteiger partial charge in [0.1, 0.15) is 0 Å². The summed E-state index contributed by atoms with van der Waals surface area (Å²) in [4.78, 5) is 2.36. The largest absolute Gasteiger partial charge is 0.374 e. The number of aromatic nitrogens is 1. The van der Waals surface area contributed by atoms with E-state index in [0.717, 1.165) is 39.3 Å². The summed E-state index contributed by atoms with van der Waals surface area (Å²) in [6.45, 7) is 7.91. The second-order valence-corrected chi connectivity index (χ2v) is 5.85. The monoisotopic (exact) mass is 287 g/mol. The molecule has 3 rings (SSSR count). The second kappa shape index (κ2) is 6.60. The first-order valence-electron chi connectivity index (χ1n) is 7.85. The molecule has 0 saturated carbocycles. The number of aryl methyl sites for hydroxylation is 1. The lowest BCUT2D eigenvalue weighted by Gasteiger charge is -2.27. The Morgan fingerprint density at radius 3 is 3.00 bits per heavy atom. The molecule has 2 aromatic rings. The second-order valence-electron chi connectivity index (χ2n) is 5.85. The Morgan fingerprint density at radius 2 is 2.24 bits per heavy atom. The van der Waals surface area contributed by atoms with Crippen molar-refractivity contribution >= 4 is 10.9 Å². The summed E-state index contributed by atoms with van der Waals surface area (Å²) in [5.74, 6) is 0. The Morgan fingerprint density at radius 1 is 1.38 bits per heavy atom. The van der Waals surface area contributed by atoms with Crippen LogP contribution < -0.4 is 5.32 Å². The summed E-state index contributed by atoms with van der Waals surface area (Å²) in [6, 6.07) is 8.67. The smallest absolute Gasteiger partial charge is 0.0826 e. The third-order valence-corrected chi connectivity index (χ3v) is 4.17. The molecule has 114 valence electrons. The Balaban J connectivity index is 1.71. The molecule has 1 aromatic heterocycles. The predicted octanol–water partition coefficient (Wildman–Crippen LogP) is 2.08. The highest BCUT2D eigenvalue weighted by Crippen LogP contribution is 2.22. The highest BCUT2D eigenvalue weighted by molar-refractivity contribution is 5.83. The van der Waals surface area contributed by atoms with Crippen LogP contribution in [0.15, 0.2) is 30.5 Å². The normalized spacial score (nSPS) is 19.5. The molecule has 1 aliphatic heterocycles. The van der Waals surface area contributed by atoms with Crippen molar-refractivity contribution in [2.45, 2.75) is 26.1 Å². The molecule has 1 atom stereocenters. The number of hydrogen-bond acceptors (Lipinski definition) is 3. The van der Waals surface area contributed by atoms with Gasteiger partial charge in [-0.15, -0.1) is 0 Å². The van der Waals surface area contributed by atoms with E-state index in [-0.39, 0.29) is 0 Å². The maximum atomic E-state index is 5.79. The molecule has 0 amide bonds. The quantitative estimate of drug-likeness (QED) is 0.913. The van der Waals surface area contributed by atoms with Gasteiger partial charge in [-0.3, -0.25) is 4.90 Å². The maximum absolute atomic E-state index is 5.79. The number of benzene rings is 1. The van der Waals surface area contributed by atoms with Gasteiger partial charge in [0.2, 0.25) is 0 Å². The Kier molecular flexibility index (Phi) is 4.58. The van der Waals surface area contributed by atoms with E-state index in [1.165, 1.54) is 16.5 Å². The standard InChI is InChI=1S/C17H25N3O/c1-3-20-12-14(16-6-4-5-7-17(16)20)11-19(2)13-15-10-18-8-9-21-15/h4-7,12,15,18H,3,8-11,13H2,1-2H3. The molecule has 0 radical (unpaired) electrons. The average Bonchev–Trinajstić information content (AvgIpc) is 2.86. The maximum Gasteiger partial charge on any atom is 0.0826 e. The lowest BCUT2D eigenvalue weighted by Crippen LogP contribution is -2.44. The van der Waals surface area contributed by atoms with Gasteiger partial charge >= 0.3 is 0 Å². The summed E-state index contributed by atoms with van der Waals surface area (Å²) in [5, 5.41) is 4.76. The first-order chi connectivity index (χ1) is 10.3. The predicted molar refractivity (Wildman–Crippen MR) is 86.6 cm³/mol. The van der Waals surface area contributed by atoms with Crippen molar-refractivity contribution in [1.29, 1.82) is 0 Å². The molecule has 1 N–H and O–H groups in total. The van der Waals surface area contributed by atoms with Crippen molar-refractivity contribution in [2.24, 2.45) is 0 Å². The average molecular weight is 287 g/mol. The molecule has 4 heteroatoms. The van der Waals surface area contributed by atoms with Crippen LogP contribution in [0.2, 0.25) is 0 Å². The number of nitrogens with one attached hydrogen (secondary N) is 1. The van der Waals surface area contributed by atoms with E-state index >= 15 is 0 Å². The van der Waals surface area contributed by atoms with Crippen LogP contribution in [0.5, 0.6) is 0 Å². The van der Waals surface area contributed by atoms with Crippen LogP contribution in [-0.2, 0) is 17.8 Å². The van der Waals surface area contributed by atoms with Gasteiger partial charge in [0.05, 0.1) is 12.7 Å². The van der Waals surface area contributed by atoms with Gasteiger partial charge < -0.3 is 14.6 Å². The molecule has 4 nitrogen and oxygen atoms in total. The van der Waals surface area contributed by atoms with Crippen molar-refractivity contribution in [2.75, 3.05) is 33.3 Å². The van der Waals surface area contributed by atoms with Crippen molar-refractivity contribution in [3.05, 3.63) is 36.0 Å². The topological polar surface area (TPSA) is 29.4 Å². The number of morpholine rings is 1. The lowest BCUT2D eigenvalue weighted by atomic mass is 10.1. The number of nitrogens with zero attached hydrogens (tertiary/aromatic N) is 2. The zero-order chi connectivity index (χ0) is 14.7. The molecular weight excluding hydrogens is 262 g/mol. The number of hydrogen-bond donors (Lipinski definition) is 1. The van der Waals surface area contributed by atoms with Gasteiger partial charge in [-0.2, -0.15) is 0 Å². The van der Waals surface area contributed by atoms with Gasteiger partial charge in [0, 0.05) is 49.8 Å². The summed E-state index contributed by atoms with van der Waals surface area (Å²) in [5.41, 5.74) is 2.73. The summed E-state index contributed by atoms with van der Waals surface area (Å²) >= 11 is 0. The fourth-order valence-corrected chi connectivity index (χ4v) is 3.15. The molecule has 2 heterocycles. The molecule has 0 bridgehead atoms. The van der Waals surface area contributed by atoms with E-state index < -0.39 is 0 Å². The molecule has 1 fully saturated rings. The minimum atomic E-state index is 0.309. The first kappa shape index (κ1) is 14.6. The fourth-order valence-electron chi connectivity index (χ4n) is 3.15. The van der Waals surface area contributed by atoms with Crippen LogP contribution in [0.1, 0.15) is 12.5 Å². The minimum Gasteiger partial charge on any atom is -0.374 e. The van der Waals surface area contributed by atoms with Gasteiger partial charge in [0.25, 0.3) is 0 Å². The Labute approximate surface area is 126 Å². The number of para-hydroxylation sites is 1. The Hall–Kier alpha value is -1.36. The number of rotatable bonds is 5. The SMILES string of the molecule is CCn1cc(CN(C)CC2CNCCO2)c2ccccc21. The minimum absolute atomic E-state index is 0.309. The van der Waals surface area contributed by atoms with Crippen LogP contribution in [0.3, 0.4) is 0 Å². The zero-order valence-electron chi connectivity index (χ0n) is 13.0. The van der Waals surface area contributed by atoms with Crippen LogP contribution in [0.25, 0.3) is 10.9 Å². The summed E-state index contributed by atoms with van der Waals surface area (Å²) in [6.07, 6.45) is 2.60. The zero-order valence-corrected chi connectivity index (χ0v) is 13.0. The molecule has 1 saturated heterocycles. The van der Waals surface area contributed by atoms with Crippen LogP contribution in [-0.4, -0.2) is 48.9 Å². The summed E-state index contributed by atoms with van der Waals surface area (Å²) in [7, 11) is 2.18. The van der Waals surface area contributed by atoms with E-state index in [0.29, 0.717) is 6.10 Å². The van der Waals surface area contributed by atoms with E-state index in [2.05, 4.69) is 59.2 Å². The summed E-state index contributed by atoms with van der Waals surface area (Å²) < 4.78 is 8.12. The van der Waals surface area contributed by atoms with E-state index in [1.807, 2.05) is 0 Å². The van der Waals surface area contributed by atoms with Gasteiger partial charge in [-0.1, -0.05) is 18.2 Å². The molecule has 1 aromatic carbocycles. The molecule has 0 aliphatic carbocycles. The van der Waals surface area contributed by atoms with Crippen molar-refractivity contribution in [3.63, 3.8) is 0 Å². The molecular formula is C17H25N3O. The van der Waals surface area contributed by atoms with E-state index in [4.69, 9.17) is 4.74 Å². The molecule has 1 unspecified atom stereocenters. The molecule has 1 aliphatic rings. The number of ether oxygens (including phenoxy) is 1. The van der Waals surface area contributed by atoms with Crippen LogP contribution in [0, 0.1) is 0 Å². The highest BCUT2D eigenvalue weighted by Gasteiger charge is 2.16. The van der Waals surface area contributed by atoms with E-state index in [1.54, 1.807) is 0 Å². The van der Waals surface area contributed by atoms with Gasteiger partial charge in [0.15, 0.2) is 0 Å². The van der Waals surface area contributed by atoms with Crippen LogP contribution >= 0.6 is 0 Å².